The van der Waals surface area contributed by atoms with Gasteiger partial charge in [-0.05, 0) is 42.3 Å². The first-order valence-electron chi connectivity index (χ1n) is 7.43. The van der Waals surface area contributed by atoms with Crippen LogP contribution in [0.5, 0.6) is 0 Å². The van der Waals surface area contributed by atoms with Crippen LogP contribution in [0.4, 0.5) is 5.69 Å². The first-order valence-corrected chi connectivity index (χ1v) is 7.43. The molecule has 1 aromatic carbocycles. The minimum atomic E-state index is -0.166. The van der Waals surface area contributed by atoms with Crippen molar-refractivity contribution in [1.82, 2.24) is 10.3 Å². The lowest BCUT2D eigenvalue weighted by Crippen LogP contribution is -2.22. The Balaban J connectivity index is 1.86. The standard InChI is InChI=1S/C18H19N3O2/c1-2-3-6-17(22)21-16-9-7-14(8-10-16)12-20-18(23)15-5-4-11-19-13-15/h3-11,13H,2,12H2,1H3,(H,20,23)(H,21,22)/b6-3+. The van der Waals surface area contributed by atoms with Crippen LogP contribution in [0.25, 0.3) is 0 Å². The van der Waals surface area contributed by atoms with E-state index in [1.54, 1.807) is 24.4 Å². The Morgan fingerprint density at radius 3 is 2.61 bits per heavy atom. The van der Waals surface area contributed by atoms with Crippen LogP contribution in [0.1, 0.15) is 29.3 Å². The second-order valence-corrected chi connectivity index (χ2v) is 4.92. The van der Waals surface area contributed by atoms with Gasteiger partial charge in [-0.3, -0.25) is 14.6 Å². The van der Waals surface area contributed by atoms with Crippen LogP contribution in [-0.4, -0.2) is 16.8 Å². The fourth-order valence-electron chi connectivity index (χ4n) is 1.90. The summed E-state index contributed by atoms with van der Waals surface area (Å²) in [5.41, 5.74) is 2.20. The molecule has 0 saturated carbocycles. The topological polar surface area (TPSA) is 71.1 Å². The quantitative estimate of drug-likeness (QED) is 0.806. The number of carbonyl (C=O) groups excluding carboxylic acids is 2. The van der Waals surface area contributed by atoms with E-state index >= 15 is 0 Å². The van der Waals surface area contributed by atoms with Gasteiger partial charge >= 0.3 is 0 Å². The molecular weight excluding hydrogens is 290 g/mol. The van der Waals surface area contributed by atoms with E-state index in [0.717, 1.165) is 17.7 Å². The summed E-state index contributed by atoms with van der Waals surface area (Å²) in [5, 5.41) is 5.60. The molecule has 2 amide bonds. The van der Waals surface area contributed by atoms with Crippen molar-refractivity contribution in [3.8, 4) is 0 Å². The number of hydrogen-bond acceptors (Lipinski definition) is 3. The third kappa shape index (κ3) is 5.39. The van der Waals surface area contributed by atoms with Gasteiger partial charge in [0.15, 0.2) is 0 Å². The molecule has 1 aromatic heterocycles. The number of pyridine rings is 1. The molecule has 0 fully saturated rings. The van der Waals surface area contributed by atoms with Gasteiger partial charge in [-0.25, -0.2) is 0 Å². The van der Waals surface area contributed by atoms with Crippen molar-refractivity contribution in [2.24, 2.45) is 0 Å². The Hall–Kier alpha value is -2.95. The van der Waals surface area contributed by atoms with Crippen LogP contribution < -0.4 is 10.6 Å². The number of anilines is 1. The van der Waals surface area contributed by atoms with Crippen LogP contribution in [-0.2, 0) is 11.3 Å². The average Bonchev–Trinajstić information content (AvgIpc) is 2.60. The first kappa shape index (κ1) is 16.4. The van der Waals surface area contributed by atoms with E-state index in [1.807, 2.05) is 31.2 Å². The van der Waals surface area contributed by atoms with E-state index in [9.17, 15) is 9.59 Å². The van der Waals surface area contributed by atoms with Crippen molar-refractivity contribution in [2.75, 3.05) is 5.32 Å². The highest BCUT2D eigenvalue weighted by Crippen LogP contribution is 2.10. The molecule has 0 unspecified atom stereocenters. The van der Waals surface area contributed by atoms with E-state index < -0.39 is 0 Å². The van der Waals surface area contributed by atoms with Gasteiger partial charge in [0.25, 0.3) is 5.91 Å². The number of aromatic nitrogens is 1. The van der Waals surface area contributed by atoms with Crippen molar-refractivity contribution < 1.29 is 9.59 Å². The van der Waals surface area contributed by atoms with Gasteiger partial charge in [0.2, 0.25) is 5.91 Å². The molecule has 2 aromatic rings. The highest BCUT2D eigenvalue weighted by molar-refractivity contribution is 5.99. The minimum Gasteiger partial charge on any atom is -0.348 e. The molecule has 0 bridgehead atoms. The normalized spacial score (nSPS) is 10.5. The average molecular weight is 309 g/mol. The molecule has 0 spiro atoms. The first-order chi connectivity index (χ1) is 11.2. The number of rotatable bonds is 6. The Bertz CT molecular complexity index is 679. The Labute approximate surface area is 135 Å². The van der Waals surface area contributed by atoms with Crippen molar-refractivity contribution in [1.29, 1.82) is 0 Å². The van der Waals surface area contributed by atoms with Gasteiger partial charge in [0.05, 0.1) is 5.56 Å². The van der Waals surface area contributed by atoms with E-state index in [2.05, 4.69) is 15.6 Å². The van der Waals surface area contributed by atoms with Crippen LogP contribution in [0.3, 0.4) is 0 Å². The van der Waals surface area contributed by atoms with E-state index in [4.69, 9.17) is 0 Å². The fraction of sp³-hybridized carbons (Fsp3) is 0.167. The summed E-state index contributed by atoms with van der Waals surface area (Å²) in [6, 6.07) is 10.8. The van der Waals surface area contributed by atoms with E-state index in [-0.39, 0.29) is 11.8 Å². The summed E-state index contributed by atoms with van der Waals surface area (Å²) >= 11 is 0. The second kappa shape index (κ2) is 8.48. The third-order valence-electron chi connectivity index (χ3n) is 3.10. The van der Waals surface area contributed by atoms with Crippen LogP contribution >= 0.6 is 0 Å². The lowest BCUT2D eigenvalue weighted by molar-refractivity contribution is -0.111. The summed E-state index contributed by atoms with van der Waals surface area (Å²) in [7, 11) is 0. The number of nitrogens with one attached hydrogen (secondary N) is 2. The molecule has 118 valence electrons. The third-order valence-corrected chi connectivity index (χ3v) is 3.10. The maximum atomic E-state index is 11.9. The SMILES string of the molecule is CC/C=C/C(=O)Nc1ccc(CNC(=O)c2cccnc2)cc1. The highest BCUT2D eigenvalue weighted by Gasteiger charge is 2.04. The molecule has 0 atom stereocenters. The maximum absolute atomic E-state index is 11.9. The van der Waals surface area contributed by atoms with Crippen LogP contribution in [0.2, 0.25) is 0 Å². The molecule has 0 saturated heterocycles. The zero-order valence-corrected chi connectivity index (χ0v) is 13.0. The van der Waals surface area contributed by atoms with Gasteiger partial charge in [-0.15, -0.1) is 0 Å². The minimum absolute atomic E-state index is 0.149. The molecule has 5 heteroatoms. The molecule has 5 nitrogen and oxygen atoms in total. The van der Waals surface area contributed by atoms with Gasteiger partial charge in [0, 0.05) is 24.6 Å². The van der Waals surface area contributed by atoms with Crippen molar-refractivity contribution >= 4 is 17.5 Å². The summed E-state index contributed by atoms with van der Waals surface area (Å²) in [6.45, 7) is 2.38. The van der Waals surface area contributed by atoms with Crippen LogP contribution in [0.15, 0.2) is 60.9 Å². The predicted octanol–water partition coefficient (Wildman–Crippen LogP) is 2.92. The lowest BCUT2D eigenvalue weighted by Gasteiger charge is -2.07. The molecule has 23 heavy (non-hydrogen) atoms. The highest BCUT2D eigenvalue weighted by atomic mass is 16.2. The monoisotopic (exact) mass is 309 g/mol. The largest absolute Gasteiger partial charge is 0.348 e. The number of carbonyl (C=O) groups is 2. The number of allylic oxidation sites excluding steroid dienone is 1. The summed E-state index contributed by atoms with van der Waals surface area (Å²) in [5.74, 6) is -0.315. The predicted molar refractivity (Wildman–Crippen MR) is 89.9 cm³/mol. The summed E-state index contributed by atoms with van der Waals surface area (Å²) < 4.78 is 0. The van der Waals surface area contributed by atoms with Gasteiger partial charge in [-0.2, -0.15) is 0 Å². The molecular formula is C18H19N3O2. The molecule has 0 aliphatic carbocycles. The Morgan fingerprint density at radius 2 is 1.96 bits per heavy atom. The number of hydrogen-bond donors (Lipinski definition) is 2. The zero-order valence-electron chi connectivity index (χ0n) is 13.0. The van der Waals surface area contributed by atoms with E-state index in [1.165, 1.54) is 12.3 Å². The molecule has 0 aliphatic rings. The molecule has 0 aliphatic heterocycles. The fourth-order valence-corrected chi connectivity index (χ4v) is 1.90. The Morgan fingerprint density at radius 1 is 1.17 bits per heavy atom. The van der Waals surface area contributed by atoms with E-state index in [0.29, 0.717) is 12.1 Å². The lowest BCUT2D eigenvalue weighted by atomic mass is 10.2. The number of nitrogens with zero attached hydrogens (tertiary/aromatic N) is 1. The molecule has 2 N–H and O–H groups in total. The summed E-state index contributed by atoms with van der Waals surface area (Å²) in [6.07, 6.45) is 7.29. The summed E-state index contributed by atoms with van der Waals surface area (Å²) in [4.78, 5) is 27.4. The maximum Gasteiger partial charge on any atom is 0.253 e. The van der Waals surface area contributed by atoms with Crippen LogP contribution in [0, 0.1) is 0 Å². The Kier molecular flexibility index (Phi) is 6.06. The second-order valence-electron chi connectivity index (χ2n) is 4.92. The van der Waals surface area contributed by atoms with Gasteiger partial charge in [0.1, 0.15) is 0 Å². The smallest absolute Gasteiger partial charge is 0.253 e. The molecule has 2 rings (SSSR count). The molecule has 0 radical (unpaired) electrons. The number of benzene rings is 1. The zero-order chi connectivity index (χ0) is 16.5. The van der Waals surface area contributed by atoms with Crippen molar-refractivity contribution in [3.63, 3.8) is 0 Å². The van der Waals surface area contributed by atoms with Gasteiger partial charge in [-0.1, -0.05) is 25.1 Å². The van der Waals surface area contributed by atoms with Crippen molar-refractivity contribution in [3.05, 3.63) is 72.1 Å². The number of amides is 2. The molecule has 1 heterocycles. The van der Waals surface area contributed by atoms with Crippen molar-refractivity contribution in [2.45, 2.75) is 19.9 Å². The van der Waals surface area contributed by atoms with Gasteiger partial charge < -0.3 is 10.6 Å².